The van der Waals surface area contributed by atoms with Gasteiger partial charge in [-0.2, -0.15) is 0 Å². The lowest BCUT2D eigenvalue weighted by atomic mass is 10.2. The molecule has 146 valence electrons. The fraction of sp³-hybridized carbons (Fsp3) is 0.167. The Labute approximate surface area is 164 Å². The highest BCUT2D eigenvalue weighted by Gasteiger charge is 2.12. The van der Waals surface area contributed by atoms with E-state index in [1.54, 1.807) is 24.3 Å². The topological polar surface area (TPSA) is 128 Å². The fourth-order valence-electron chi connectivity index (χ4n) is 2.07. The maximum Gasteiger partial charge on any atom is 0.306 e. The summed E-state index contributed by atoms with van der Waals surface area (Å²) in [7, 11) is 0. The number of hydrogen-bond acceptors (Lipinski definition) is 6. The van der Waals surface area contributed by atoms with E-state index in [1.807, 2.05) is 0 Å². The molecule has 10 heteroatoms. The smallest absolute Gasteiger partial charge is 0.306 e. The first kappa shape index (κ1) is 20.8. The molecule has 0 aliphatic heterocycles. The van der Waals surface area contributed by atoms with Crippen LogP contribution in [-0.4, -0.2) is 29.3 Å². The first-order valence-electron chi connectivity index (χ1n) is 8.09. The van der Waals surface area contributed by atoms with Gasteiger partial charge in [0.25, 0.3) is 11.6 Å². The Hall–Kier alpha value is -3.46. The number of ether oxygens (including phenoxy) is 1. The summed E-state index contributed by atoms with van der Waals surface area (Å²) in [6.45, 7) is -0.506. The number of nitrogens with zero attached hydrogens (tertiary/aromatic N) is 1. The summed E-state index contributed by atoms with van der Waals surface area (Å²) in [5.41, 5.74) is 0.660. The van der Waals surface area contributed by atoms with Crippen molar-refractivity contribution in [3.8, 4) is 0 Å². The monoisotopic (exact) mass is 405 g/mol. The number of carbonyl (C=O) groups excluding carboxylic acids is 3. The Balaban J connectivity index is 1.70. The molecule has 0 aliphatic rings. The van der Waals surface area contributed by atoms with E-state index in [0.29, 0.717) is 16.4 Å². The predicted octanol–water partition coefficient (Wildman–Crippen LogP) is 3.15. The molecule has 0 bridgehead atoms. The highest BCUT2D eigenvalue weighted by atomic mass is 35.5. The molecule has 0 aliphatic carbocycles. The molecule has 2 N–H and O–H groups in total. The molecule has 0 saturated heterocycles. The molecule has 9 nitrogen and oxygen atoms in total. The highest BCUT2D eigenvalue weighted by Crippen LogP contribution is 2.20. The summed E-state index contributed by atoms with van der Waals surface area (Å²) in [5.74, 6) is -1.74. The van der Waals surface area contributed by atoms with E-state index in [-0.39, 0.29) is 18.5 Å². The molecule has 28 heavy (non-hydrogen) atoms. The Morgan fingerprint density at radius 2 is 1.64 bits per heavy atom. The summed E-state index contributed by atoms with van der Waals surface area (Å²) >= 11 is 5.91. The van der Waals surface area contributed by atoms with Gasteiger partial charge in [-0.1, -0.05) is 23.7 Å². The Morgan fingerprint density at radius 1 is 0.964 bits per heavy atom. The van der Waals surface area contributed by atoms with Crippen LogP contribution in [0.15, 0.2) is 48.5 Å². The van der Waals surface area contributed by atoms with Crippen molar-refractivity contribution in [2.45, 2.75) is 12.8 Å². The van der Waals surface area contributed by atoms with Crippen LogP contribution in [0.1, 0.15) is 12.8 Å². The van der Waals surface area contributed by atoms with Crippen LogP contribution in [0.25, 0.3) is 0 Å². The lowest BCUT2D eigenvalue weighted by Gasteiger charge is -2.08. The number of non-ortho nitro benzene ring substituents is 1. The zero-order chi connectivity index (χ0) is 20.5. The van der Waals surface area contributed by atoms with E-state index in [2.05, 4.69) is 10.6 Å². The first-order valence-corrected chi connectivity index (χ1v) is 8.47. The van der Waals surface area contributed by atoms with Crippen molar-refractivity contribution in [3.05, 3.63) is 63.7 Å². The van der Waals surface area contributed by atoms with E-state index in [1.165, 1.54) is 24.3 Å². The van der Waals surface area contributed by atoms with Crippen molar-refractivity contribution in [1.82, 2.24) is 0 Å². The van der Waals surface area contributed by atoms with Crippen molar-refractivity contribution >= 4 is 46.4 Å². The van der Waals surface area contributed by atoms with Gasteiger partial charge < -0.3 is 15.4 Å². The third-order valence-corrected chi connectivity index (χ3v) is 3.76. The summed E-state index contributed by atoms with van der Waals surface area (Å²) < 4.78 is 4.81. The first-order chi connectivity index (χ1) is 13.3. The van der Waals surface area contributed by atoms with Crippen LogP contribution in [-0.2, 0) is 19.1 Å². The number of anilines is 2. The van der Waals surface area contributed by atoms with Crippen LogP contribution in [0.5, 0.6) is 0 Å². The summed E-state index contributed by atoms with van der Waals surface area (Å²) in [5, 5.41) is 15.9. The van der Waals surface area contributed by atoms with E-state index in [4.69, 9.17) is 16.3 Å². The lowest BCUT2D eigenvalue weighted by molar-refractivity contribution is -0.384. The standard InChI is InChI=1S/C18H16ClN3O6/c19-14-3-1-2-4-15(14)21-17(24)11-28-18(25)10-9-16(23)20-12-5-7-13(8-6-12)22(26)27/h1-8H,9-11H2,(H,20,23)(H,21,24). The molecule has 0 radical (unpaired) electrons. The number of para-hydroxylation sites is 1. The molecule has 0 unspecified atom stereocenters. The maximum absolute atomic E-state index is 11.8. The second-order valence-electron chi connectivity index (χ2n) is 5.54. The van der Waals surface area contributed by atoms with Gasteiger partial charge in [-0.15, -0.1) is 0 Å². The molecule has 0 atom stereocenters. The Bertz CT molecular complexity index is 885. The normalized spacial score (nSPS) is 10.0. The van der Waals surface area contributed by atoms with Crippen LogP contribution in [0, 0.1) is 10.1 Å². The minimum absolute atomic E-state index is 0.100. The van der Waals surface area contributed by atoms with Gasteiger partial charge in [-0.25, -0.2) is 0 Å². The molecule has 0 spiro atoms. The van der Waals surface area contributed by atoms with Crippen LogP contribution >= 0.6 is 11.6 Å². The number of carbonyl (C=O) groups is 3. The number of nitro groups is 1. The van der Waals surface area contributed by atoms with E-state index < -0.39 is 29.3 Å². The molecular weight excluding hydrogens is 390 g/mol. The zero-order valence-electron chi connectivity index (χ0n) is 14.5. The molecule has 0 fully saturated rings. The van der Waals surface area contributed by atoms with Crippen molar-refractivity contribution in [2.75, 3.05) is 17.2 Å². The van der Waals surface area contributed by atoms with Crippen molar-refractivity contribution in [1.29, 1.82) is 0 Å². The fourth-order valence-corrected chi connectivity index (χ4v) is 2.26. The quantitative estimate of drug-likeness (QED) is 0.394. The summed E-state index contributed by atoms with van der Waals surface area (Å²) in [6.07, 6.45) is -0.389. The number of hydrogen-bond donors (Lipinski definition) is 2. The van der Waals surface area contributed by atoms with Gasteiger partial charge in [0.15, 0.2) is 6.61 Å². The predicted molar refractivity (Wildman–Crippen MR) is 102 cm³/mol. The van der Waals surface area contributed by atoms with Crippen molar-refractivity contribution < 1.29 is 24.0 Å². The summed E-state index contributed by atoms with van der Waals surface area (Å²) in [6, 6.07) is 11.9. The third-order valence-electron chi connectivity index (χ3n) is 3.43. The Morgan fingerprint density at radius 3 is 2.29 bits per heavy atom. The number of nitrogens with one attached hydrogen (secondary N) is 2. The number of halogens is 1. The average molecular weight is 406 g/mol. The van der Waals surface area contributed by atoms with Gasteiger partial charge in [0, 0.05) is 24.2 Å². The minimum Gasteiger partial charge on any atom is -0.456 e. The van der Waals surface area contributed by atoms with Gasteiger partial charge in [-0.05, 0) is 24.3 Å². The van der Waals surface area contributed by atoms with E-state index in [9.17, 15) is 24.5 Å². The summed E-state index contributed by atoms with van der Waals surface area (Å²) in [4.78, 5) is 45.2. The SMILES string of the molecule is O=C(CCC(=O)OCC(=O)Nc1ccccc1Cl)Nc1ccc([N+](=O)[O-])cc1. The molecule has 2 aromatic rings. The average Bonchev–Trinajstić information content (AvgIpc) is 2.67. The van der Waals surface area contributed by atoms with Gasteiger partial charge in [0.1, 0.15) is 0 Å². The Kier molecular flexibility index (Phi) is 7.46. The number of nitro benzene ring substituents is 1. The lowest BCUT2D eigenvalue weighted by Crippen LogP contribution is -2.22. The molecule has 2 amide bonds. The van der Waals surface area contributed by atoms with E-state index >= 15 is 0 Å². The van der Waals surface area contributed by atoms with Gasteiger partial charge in [0.05, 0.1) is 22.1 Å². The number of rotatable bonds is 8. The second kappa shape index (κ2) is 10.0. The van der Waals surface area contributed by atoms with Gasteiger partial charge in [0.2, 0.25) is 5.91 Å². The van der Waals surface area contributed by atoms with E-state index in [0.717, 1.165) is 0 Å². The highest BCUT2D eigenvalue weighted by molar-refractivity contribution is 6.33. The van der Waals surface area contributed by atoms with Crippen molar-refractivity contribution in [2.24, 2.45) is 0 Å². The van der Waals surface area contributed by atoms with Crippen LogP contribution in [0.4, 0.5) is 17.1 Å². The molecule has 0 heterocycles. The van der Waals surface area contributed by atoms with Gasteiger partial charge in [-0.3, -0.25) is 24.5 Å². The maximum atomic E-state index is 11.8. The number of esters is 1. The third kappa shape index (κ3) is 6.69. The van der Waals surface area contributed by atoms with Crippen LogP contribution in [0.3, 0.4) is 0 Å². The van der Waals surface area contributed by atoms with Crippen LogP contribution < -0.4 is 10.6 Å². The largest absolute Gasteiger partial charge is 0.456 e. The number of benzene rings is 2. The molecular formula is C18H16ClN3O6. The number of amides is 2. The van der Waals surface area contributed by atoms with Crippen molar-refractivity contribution in [3.63, 3.8) is 0 Å². The molecule has 0 aromatic heterocycles. The minimum atomic E-state index is -0.715. The molecule has 0 saturated carbocycles. The zero-order valence-corrected chi connectivity index (χ0v) is 15.3. The van der Waals surface area contributed by atoms with Gasteiger partial charge >= 0.3 is 5.97 Å². The second-order valence-corrected chi connectivity index (χ2v) is 5.95. The van der Waals surface area contributed by atoms with Crippen LogP contribution in [0.2, 0.25) is 5.02 Å². The molecule has 2 rings (SSSR count). The molecule has 2 aromatic carbocycles.